The molecule has 0 saturated heterocycles. The maximum atomic E-state index is 12.2. The highest BCUT2D eigenvalue weighted by Crippen LogP contribution is 2.37. The number of hydrogen-bond acceptors (Lipinski definition) is 4. The van der Waals surface area contributed by atoms with Crippen LogP contribution in [0.5, 0.6) is 0 Å². The van der Waals surface area contributed by atoms with Crippen molar-refractivity contribution >= 4 is 17.5 Å². The molecule has 1 aromatic carbocycles. The molecule has 2 heterocycles. The summed E-state index contributed by atoms with van der Waals surface area (Å²) in [5.41, 5.74) is 9.14. The first-order valence-corrected chi connectivity index (χ1v) is 6.91. The number of rotatable bonds is 3. The van der Waals surface area contributed by atoms with E-state index < -0.39 is 5.91 Å². The van der Waals surface area contributed by atoms with E-state index >= 15 is 0 Å². The number of nitrogens with zero attached hydrogens (tertiary/aromatic N) is 2. The lowest BCUT2D eigenvalue weighted by Crippen LogP contribution is -2.37. The molecule has 1 atom stereocenters. The van der Waals surface area contributed by atoms with E-state index in [-0.39, 0.29) is 11.9 Å². The van der Waals surface area contributed by atoms with Gasteiger partial charge in [0.05, 0.1) is 5.69 Å². The third-order valence-electron chi connectivity index (χ3n) is 3.78. The first kappa shape index (κ1) is 14.1. The van der Waals surface area contributed by atoms with Gasteiger partial charge in [-0.3, -0.25) is 14.7 Å². The fourth-order valence-corrected chi connectivity index (χ4v) is 2.70. The molecule has 7 nitrogen and oxygen atoms in total. The van der Waals surface area contributed by atoms with E-state index in [1.165, 1.54) is 0 Å². The summed E-state index contributed by atoms with van der Waals surface area (Å²) in [6, 6.07) is 4.93. The number of benzene rings is 1. The largest absolute Gasteiger partial charge is 0.373 e. The summed E-state index contributed by atoms with van der Waals surface area (Å²) >= 11 is 0. The summed E-state index contributed by atoms with van der Waals surface area (Å²) in [6.07, 6.45) is 2.16. The van der Waals surface area contributed by atoms with Crippen LogP contribution in [0.4, 0.5) is 5.69 Å². The fourth-order valence-electron chi connectivity index (χ4n) is 2.70. The molecule has 22 heavy (non-hydrogen) atoms. The highest BCUT2D eigenvalue weighted by atomic mass is 16.2. The summed E-state index contributed by atoms with van der Waals surface area (Å²) in [7, 11) is 3.44. The van der Waals surface area contributed by atoms with Crippen LogP contribution in [0.1, 0.15) is 15.9 Å². The number of fused-ring (bicyclic) bond motifs is 1. The van der Waals surface area contributed by atoms with Crippen molar-refractivity contribution in [3.05, 3.63) is 35.5 Å². The van der Waals surface area contributed by atoms with Gasteiger partial charge in [0.1, 0.15) is 6.04 Å². The molecule has 0 saturated carbocycles. The Labute approximate surface area is 127 Å². The van der Waals surface area contributed by atoms with E-state index in [1.807, 2.05) is 6.07 Å². The molecule has 0 aliphatic carbocycles. The summed E-state index contributed by atoms with van der Waals surface area (Å²) in [5.74, 6) is -0.502. The lowest BCUT2D eigenvalue weighted by molar-refractivity contribution is -0.129. The van der Waals surface area contributed by atoms with E-state index in [9.17, 15) is 9.59 Å². The Morgan fingerprint density at radius 3 is 2.73 bits per heavy atom. The zero-order valence-electron chi connectivity index (χ0n) is 12.4. The van der Waals surface area contributed by atoms with Gasteiger partial charge in [0.15, 0.2) is 0 Å². The molecule has 4 N–H and O–H groups in total. The van der Waals surface area contributed by atoms with Crippen molar-refractivity contribution in [1.82, 2.24) is 15.1 Å². The molecule has 7 heteroatoms. The maximum Gasteiger partial charge on any atom is 0.248 e. The minimum atomic E-state index is -0.494. The number of carbonyl (C=O) groups is 2. The van der Waals surface area contributed by atoms with Gasteiger partial charge in [0.2, 0.25) is 11.8 Å². The molecular formula is C15H17N5O2. The Morgan fingerprint density at radius 1 is 1.36 bits per heavy atom. The Hall–Kier alpha value is -2.83. The van der Waals surface area contributed by atoms with Gasteiger partial charge in [-0.2, -0.15) is 5.10 Å². The van der Waals surface area contributed by atoms with E-state index in [4.69, 9.17) is 5.73 Å². The highest BCUT2D eigenvalue weighted by molar-refractivity contribution is 5.98. The molecule has 114 valence electrons. The molecule has 0 spiro atoms. The van der Waals surface area contributed by atoms with Crippen LogP contribution in [-0.2, 0) is 11.2 Å². The van der Waals surface area contributed by atoms with Crippen LogP contribution in [0.15, 0.2) is 24.4 Å². The third-order valence-corrected chi connectivity index (χ3v) is 3.78. The minimum absolute atomic E-state index is 0.00705. The summed E-state index contributed by atoms with van der Waals surface area (Å²) in [4.78, 5) is 25.3. The number of primary amides is 1. The normalized spacial score (nSPS) is 16.0. The lowest BCUT2D eigenvalue weighted by Gasteiger charge is -2.17. The first-order chi connectivity index (χ1) is 10.5. The lowest BCUT2D eigenvalue weighted by atomic mass is 9.99. The van der Waals surface area contributed by atoms with Gasteiger partial charge in [0, 0.05) is 43.5 Å². The Kier molecular flexibility index (Phi) is 3.32. The Morgan fingerprint density at radius 2 is 2.14 bits per heavy atom. The summed E-state index contributed by atoms with van der Waals surface area (Å²) in [6.45, 7) is 0. The average Bonchev–Trinajstić information content (AvgIpc) is 3.14. The number of nitrogens with two attached hydrogens (primary N) is 1. The van der Waals surface area contributed by atoms with Crippen molar-refractivity contribution in [2.75, 3.05) is 19.4 Å². The molecule has 0 fully saturated rings. The second-order valence-electron chi connectivity index (χ2n) is 5.53. The van der Waals surface area contributed by atoms with Gasteiger partial charge < -0.3 is 16.0 Å². The minimum Gasteiger partial charge on any atom is -0.373 e. The van der Waals surface area contributed by atoms with Crippen LogP contribution in [-0.4, -0.2) is 47.0 Å². The van der Waals surface area contributed by atoms with Gasteiger partial charge in [-0.15, -0.1) is 0 Å². The summed E-state index contributed by atoms with van der Waals surface area (Å²) in [5, 5.41) is 10.1. The second kappa shape index (κ2) is 5.18. The predicted octanol–water partition coefficient (Wildman–Crippen LogP) is 0.600. The number of nitrogens with one attached hydrogen (secondary N) is 2. The zero-order chi connectivity index (χ0) is 15.9. The topological polar surface area (TPSA) is 104 Å². The molecule has 2 amide bonds. The van der Waals surface area contributed by atoms with Crippen molar-refractivity contribution in [3.63, 3.8) is 0 Å². The SMILES string of the molecule is CN(C)C(=O)C1Cc2cc(C(N)=O)cc(-c3ccn[nH]3)c2N1. The van der Waals surface area contributed by atoms with Crippen LogP contribution in [0.3, 0.4) is 0 Å². The van der Waals surface area contributed by atoms with Crippen molar-refractivity contribution in [2.45, 2.75) is 12.5 Å². The Balaban J connectivity index is 2.07. The molecule has 2 aromatic rings. The van der Waals surface area contributed by atoms with Gasteiger partial charge in [-0.05, 0) is 23.8 Å². The molecule has 0 radical (unpaired) electrons. The average molecular weight is 299 g/mol. The predicted molar refractivity (Wildman–Crippen MR) is 82.4 cm³/mol. The number of likely N-dealkylation sites (N-methyl/N-ethyl adjacent to an activating group) is 1. The number of H-pyrrole nitrogens is 1. The molecule has 0 bridgehead atoms. The zero-order valence-corrected chi connectivity index (χ0v) is 12.4. The molecule has 1 aromatic heterocycles. The smallest absolute Gasteiger partial charge is 0.248 e. The van der Waals surface area contributed by atoms with Crippen LogP contribution in [0.25, 0.3) is 11.3 Å². The number of carbonyl (C=O) groups excluding carboxylic acids is 2. The number of anilines is 1. The maximum absolute atomic E-state index is 12.2. The number of amides is 2. The number of aromatic nitrogens is 2. The summed E-state index contributed by atoms with van der Waals surface area (Å²) < 4.78 is 0. The van der Waals surface area contributed by atoms with E-state index in [1.54, 1.807) is 37.3 Å². The van der Waals surface area contributed by atoms with Crippen LogP contribution in [0.2, 0.25) is 0 Å². The first-order valence-electron chi connectivity index (χ1n) is 6.91. The van der Waals surface area contributed by atoms with Gasteiger partial charge in [0.25, 0.3) is 0 Å². The van der Waals surface area contributed by atoms with Crippen LogP contribution < -0.4 is 11.1 Å². The van der Waals surface area contributed by atoms with E-state index in [0.717, 1.165) is 22.5 Å². The van der Waals surface area contributed by atoms with E-state index in [2.05, 4.69) is 15.5 Å². The van der Waals surface area contributed by atoms with Crippen LogP contribution >= 0.6 is 0 Å². The molecule has 1 aliphatic rings. The number of aromatic amines is 1. The molecule has 1 aliphatic heterocycles. The van der Waals surface area contributed by atoms with Crippen LogP contribution in [0, 0.1) is 0 Å². The second-order valence-corrected chi connectivity index (χ2v) is 5.53. The van der Waals surface area contributed by atoms with Crippen molar-refractivity contribution in [2.24, 2.45) is 5.73 Å². The van der Waals surface area contributed by atoms with Crippen molar-refractivity contribution in [3.8, 4) is 11.3 Å². The third kappa shape index (κ3) is 2.30. The molecular weight excluding hydrogens is 282 g/mol. The van der Waals surface area contributed by atoms with E-state index in [0.29, 0.717) is 12.0 Å². The highest BCUT2D eigenvalue weighted by Gasteiger charge is 2.30. The standard InChI is InChI=1S/C15H17N5O2/c1-20(2)15(22)12-7-8-5-9(14(16)21)6-10(13(8)18-12)11-3-4-17-19-11/h3-6,12,18H,7H2,1-2H3,(H2,16,21)(H,17,19). The number of hydrogen-bond donors (Lipinski definition) is 3. The van der Waals surface area contributed by atoms with Gasteiger partial charge >= 0.3 is 0 Å². The molecule has 1 unspecified atom stereocenters. The monoisotopic (exact) mass is 299 g/mol. The van der Waals surface area contributed by atoms with Gasteiger partial charge in [-0.25, -0.2) is 0 Å². The quantitative estimate of drug-likeness (QED) is 0.772. The van der Waals surface area contributed by atoms with Crippen molar-refractivity contribution in [1.29, 1.82) is 0 Å². The molecule has 3 rings (SSSR count). The Bertz CT molecular complexity index is 737. The van der Waals surface area contributed by atoms with Crippen molar-refractivity contribution < 1.29 is 9.59 Å². The van der Waals surface area contributed by atoms with Gasteiger partial charge in [-0.1, -0.05) is 0 Å². The fraction of sp³-hybridized carbons (Fsp3) is 0.267.